The second kappa shape index (κ2) is 6.29. The third-order valence-corrected chi connectivity index (χ3v) is 5.05. The maximum Gasteiger partial charge on any atom is 0.240 e. The molecule has 1 fully saturated rings. The van der Waals surface area contributed by atoms with Crippen molar-refractivity contribution in [2.24, 2.45) is 5.73 Å². The zero-order valence-corrected chi connectivity index (χ0v) is 13.0. The van der Waals surface area contributed by atoms with Crippen molar-refractivity contribution < 1.29 is 8.42 Å². The van der Waals surface area contributed by atoms with Gasteiger partial charge in [-0.1, -0.05) is 11.6 Å². The monoisotopic (exact) mass is 335 g/mol. The average Bonchev–Trinajstić information content (AvgIpc) is 2.34. The summed E-state index contributed by atoms with van der Waals surface area (Å²) in [5.74, 6) is 0. The van der Waals surface area contributed by atoms with E-state index >= 15 is 0 Å². The lowest BCUT2D eigenvalue weighted by Gasteiger charge is -2.38. The van der Waals surface area contributed by atoms with Crippen molar-refractivity contribution in [3.05, 3.63) is 28.8 Å². The summed E-state index contributed by atoms with van der Waals surface area (Å²) >= 11 is 5.82. The van der Waals surface area contributed by atoms with Crippen LogP contribution in [0, 0.1) is 11.3 Å². The van der Waals surface area contributed by atoms with Crippen molar-refractivity contribution in [3.63, 3.8) is 0 Å². The fourth-order valence-electron chi connectivity index (χ4n) is 1.88. The Morgan fingerprint density at radius 1 is 1.45 bits per heavy atom. The summed E-state index contributed by atoms with van der Waals surface area (Å²) in [6, 6.07) is 5.90. The molecular weight excluding hydrogens is 321 g/mol. The minimum Gasteiger partial charge on any atom is -0.324 e. The molecule has 0 unspecified atom stereocenters. The third-order valence-electron chi connectivity index (χ3n) is 3.33. The summed E-state index contributed by atoms with van der Waals surface area (Å²) in [6.07, 6.45) is 2.67. The molecule has 0 radical (unpaired) electrons. The Labute approximate surface area is 129 Å². The second-order valence-electron chi connectivity index (χ2n) is 4.79. The van der Waals surface area contributed by atoms with E-state index in [0.717, 1.165) is 19.3 Å². The van der Waals surface area contributed by atoms with Gasteiger partial charge in [0.25, 0.3) is 0 Å². The first-order chi connectivity index (χ1) is 8.86. The molecule has 8 heteroatoms. The molecule has 0 bridgehead atoms. The van der Waals surface area contributed by atoms with E-state index in [4.69, 9.17) is 22.6 Å². The van der Waals surface area contributed by atoms with Gasteiger partial charge >= 0.3 is 0 Å². The number of nitrogens with two attached hydrogens (primary N) is 1. The van der Waals surface area contributed by atoms with Gasteiger partial charge in [0.05, 0.1) is 15.5 Å². The van der Waals surface area contributed by atoms with Crippen LogP contribution in [0.3, 0.4) is 0 Å². The summed E-state index contributed by atoms with van der Waals surface area (Å²) in [7, 11) is -3.64. The largest absolute Gasteiger partial charge is 0.324 e. The van der Waals surface area contributed by atoms with Crippen molar-refractivity contribution in [2.75, 3.05) is 6.54 Å². The molecule has 1 saturated carbocycles. The molecule has 1 aliphatic carbocycles. The van der Waals surface area contributed by atoms with Gasteiger partial charge in [-0.3, -0.25) is 0 Å². The van der Waals surface area contributed by atoms with Crippen LogP contribution < -0.4 is 10.5 Å². The first-order valence-corrected chi connectivity index (χ1v) is 7.71. The van der Waals surface area contributed by atoms with Crippen LogP contribution in [0.25, 0.3) is 0 Å². The van der Waals surface area contributed by atoms with Crippen LogP contribution in [0.15, 0.2) is 23.1 Å². The predicted molar refractivity (Wildman–Crippen MR) is 79.4 cm³/mol. The van der Waals surface area contributed by atoms with E-state index in [-0.39, 0.29) is 34.4 Å². The summed E-state index contributed by atoms with van der Waals surface area (Å²) in [5.41, 5.74) is 5.79. The number of nitrogens with one attached hydrogen (secondary N) is 1. The summed E-state index contributed by atoms with van der Waals surface area (Å²) in [6.45, 7) is 0.215. The SMILES string of the molecule is Cl.N#Cc1ccc(S(=O)(=O)NCC2(N)CCC2)cc1Cl. The highest BCUT2D eigenvalue weighted by Crippen LogP contribution is 2.28. The lowest BCUT2D eigenvalue weighted by Crippen LogP contribution is -2.54. The second-order valence-corrected chi connectivity index (χ2v) is 6.97. The fourth-order valence-corrected chi connectivity index (χ4v) is 3.34. The molecule has 5 nitrogen and oxygen atoms in total. The van der Waals surface area contributed by atoms with Crippen LogP contribution >= 0.6 is 24.0 Å². The first-order valence-electron chi connectivity index (χ1n) is 5.85. The topological polar surface area (TPSA) is 96.0 Å². The van der Waals surface area contributed by atoms with Crippen LogP contribution in [-0.4, -0.2) is 20.5 Å². The molecule has 0 aliphatic heterocycles. The number of halogens is 2. The van der Waals surface area contributed by atoms with Crippen LogP contribution in [0.2, 0.25) is 5.02 Å². The molecule has 20 heavy (non-hydrogen) atoms. The zero-order valence-electron chi connectivity index (χ0n) is 10.6. The third kappa shape index (κ3) is 3.62. The van der Waals surface area contributed by atoms with Crippen molar-refractivity contribution >= 4 is 34.0 Å². The Morgan fingerprint density at radius 3 is 2.55 bits per heavy atom. The summed E-state index contributed by atoms with van der Waals surface area (Å²) in [5, 5.41) is 8.87. The standard InChI is InChI=1S/C12H14ClN3O2S.ClH/c13-11-6-10(3-2-9(11)7-14)19(17,18)16-8-12(15)4-1-5-12;/h2-3,6,16H,1,4-5,8,15H2;1H. The highest BCUT2D eigenvalue weighted by atomic mass is 35.5. The quantitative estimate of drug-likeness (QED) is 0.876. The predicted octanol–water partition coefficient (Wildman–Crippen LogP) is 1.79. The molecule has 0 heterocycles. The maximum atomic E-state index is 12.1. The van der Waals surface area contributed by atoms with Crippen molar-refractivity contribution in [2.45, 2.75) is 29.7 Å². The minimum atomic E-state index is -3.64. The smallest absolute Gasteiger partial charge is 0.240 e. The molecule has 3 N–H and O–H groups in total. The van der Waals surface area contributed by atoms with E-state index < -0.39 is 15.6 Å². The van der Waals surface area contributed by atoms with Crippen LogP contribution in [-0.2, 0) is 10.0 Å². The van der Waals surface area contributed by atoms with Crippen LogP contribution in [0.5, 0.6) is 0 Å². The molecule has 0 atom stereocenters. The van der Waals surface area contributed by atoms with E-state index in [1.165, 1.54) is 18.2 Å². The molecule has 0 aromatic heterocycles. The first kappa shape index (κ1) is 17.2. The van der Waals surface area contributed by atoms with Gasteiger partial charge in [0.15, 0.2) is 0 Å². The Kier molecular flexibility index (Phi) is 5.41. The number of hydrogen-bond donors (Lipinski definition) is 2. The molecule has 1 aromatic rings. The van der Waals surface area contributed by atoms with Gasteiger partial charge in [0, 0.05) is 12.1 Å². The van der Waals surface area contributed by atoms with Gasteiger partial charge in [0.1, 0.15) is 6.07 Å². The molecule has 1 aliphatic rings. The van der Waals surface area contributed by atoms with Gasteiger partial charge in [0.2, 0.25) is 10.0 Å². The number of nitriles is 1. The van der Waals surface area contributed by atoms with E-state index in [0.29, 0.717) is 0 Å². The number of rotatable bonds is 4. The Balaban J connectivity index is 0.00000200. The molecule has 2 rings (SSSR count). The van der Waals surface area contributed by atoms with E-state index in [9.17, 15) is 8.42 Å². The number of benzene rings is 1. The highest BCUT2D eigenvalue weighted by Gasteiger charge is 2.33. The molecule has 110 valence electrons. The van der Waals surface area contributed by atoms with Gasteiger partial charge in [-0.25, -0.2) is 13.1 Å². The average molecular weight is 336 g/mol. The van der Waals surface area contributed by atoms with E-state index in [1.54, 1.807) is 0 Å². The lowest BCUT2D eigenvalue weighted by molar-refractivity contribution is 0.251. The van der Waals surface area contributed by atoms with E-state index in [1.807, 2.05) is 6.07 Å². The van der Waals surface area contributed by atoms with Gasteiger partial charge in [-0.05, 0) is 37.5 Å². The molecule has 1 aromatic carbocycles. The Morgan fingerprint density at radius 2 is 2.10 bits per heavy atom. The Hall–Kier alpha value is -0.840. The number of nitrogens with zero attached hydrogens (tertiary/aromatic N) is 1. The van der Waals surface area contributed by atoms with Crippen molar-refractivity contribution in [3.8, 4) is 6.07 Å². The van der Waals surface area contributed by atoms with Gasteiger partial charge < -0.3 is 5.73 Å². The number of hydrogen-bond acceptors (Lipinski definition) is 4. The fraction of sp³-hybridized carbons (Fsp3) is 0.417. The number of sulfonamides is 1. The van der Waals surface area contributed by atoms with Crippen LogP contribution in [0.1, 0.15) is 24.8 Å². The van der Waals surface area contributed by atoms with Crippen molar-refractivity contribution in [1.29, 1.82) is 5.26 Å². The summed E-state index contributed by atoms with van der Waals surface area (Å²) < 4.78 is 26.6. The maximum absolute atomic E-state index is 12.1. The highest BCUT2D eigenvalue weighted by molar-refractivity contribution is 7.89. The Bertz CT molecular complexity index is 637. The molecule has 0 amide bonds. The molecule has 0 saturated heterocycles. The normalized spacial score (nSPS) is 16.6. The zero-order chi connectivity index (χ0) is 14.1. The molecular formula is C12H15Cl2N3O2S. The minimum absolute atomic E-state index is 0. The van der Waals surface area contributed by atoms with Crippen molar-refractivity contribution in [1.82, 2.24) is 4.72 Å². The lowest BCUT2D eigenvalue weighted by atomic mass is 9.78. The van der Waals surface area contributed by atoms with Crippen LogP contribution in [0.4, 0.5) is 0 Å². The van der Waals surface area contributed by atoms with Gasteiger partial charge in [-0.15, -0.1) is 12.4 Å². The summed E-state index contributed by atoms with van der Waals surface area (Å²) in [4.78, 5) is 0.0411. The van der Waals surface area contributed by atoms with Gasteiger partial charge in [-0.2, -0.15) is 5.26 Å². The molecule has 0 spiro atoms. The van der Waals surface area contributed by atoms with E-state index in [2.05, 4.69) is 4.72 Å².